The standard InChI is InChI=1S/C16H18NOPS/c1-2-18-14-13-17-19(20,15-9-5-3-6-10-15)16-11-7-4-8-12-16/h2-12H,1,13-14H2,(H,17,20). The van der Waals surface area contributed by atoms with Crippen LogP contribution >= 0.6 is 6.19 Å². The summed E-state index contributed by atoms with van der Waals surface area (Å²) < 4.78 is 5.17. The van der Waals surface area contributed by atoms with Gasteiger partial charge in [0.2, 0.25) is 0 Å². The molecule has 1 N–H and O–H groups in total. The number of nitrogens with one attached hydrogen (secondary N) is 1. The van der Waals surface area contributed by atoms with Gasteiger partial charge in [-0.1, -0.05) is 79.0 Å². The molecule has 0 spiro atoms. The quantitative estimate of drug-likeness (QED) is 0.483. The van der Waals surface area contributed by atoms with E-state index >= 15 is 0 Å². The predicted octanol–water partition coefficient (Wildman–Crippen LogP) is 2.78. The van der Waals surface area contributed by atoms with Crippen LogP contribution in [0.1, 0.15) is 0 Å². The number of hydrogen-bond acceptors (Lipinski definition) is 2. The van der Waals surface area contributed by atoms with Crippen LogP contribution in [0.5, 0.6) is 0 Å². The molecule has 2 rings (SSSR count). The fourth-order valence-corrected chi connectivity index (χ4v) is 5.21. The summed E-state index contributed by atoms with van der Waals surface area (Å²) in [4.78, 5) is 0. The Bertz CT molecular complexity index is 542. The van der Waals surface area contributed by atoms with Gasteiger partial charge in [-0.05, 0) is 0 Å². The highest BCUT2D eigenvalue weighted by atomic mass is 32.4. The summed E-state index contributed by atoms with van der Waals surface area (Å²) in [5.41, 5.74) is 0. The van der Waals surface area contributed by atoms with Crippen molar-refractivity contribution in [1.29, 1.82) is 0 Å². The molecule has 0 amide bonds. The lowest BCUT2D eigenvalue weighted by atomic mass is 10.4. The van der Waals surface area contributed by atoms with E-state index in [9.17, 15) is 0 Å². The Balaban J connectivity index is 2.29. The highest BCUT2D eigenvalue weighted by molar-refractivity contribution is 8.20. The van der Waals surface area contributed by atoms with Gasteiger partial charge in [0, 0.05) is 17.2 Å². The van der Waals surface area contributed by atoms with Gasteiger partial charge in [-0.25, -0.2) is 0 Å². The second kappa shape index (κ2) is 7.39. The van der Waals surface area contributed by atoms with Crippen LogP contribution in [0.2, 0.25) is 0 Å². The summed E-state index contributed by atoms with van der Waals surface area (Å²) in [5, 5.41) is 5.85. The first-order chi connectivity index (χ1) is 9.77. The first kappa shape index (κ1) is 15.0. The van der Waals surface area contributed by atoms with Gasteiger partial charge < -0.3 is 4.74 Å². The van der Waals surface area contributed by atoms with Crippen LogP contribution < -0.4 is 15.7 Å². The first-order valence-corrected chi connectivity index (χ1v) is 9.26. The lowest BCUT2D eigenvalue weighted by Gasteiger charge is -2.24. The zero-order valence-electron chi connectivity index (χ0n) is 11.2. The molecule has 0 heterocycles. The number of benzene rings is 2. The molecule has 4 heteroatoms. The average Bonchev–Trinajstić information content (AvgIpc) is 2.53. The van der Waals surface area contributed by atoms with Crippen molar-refractivity contribution in [1.82, 2.24) is 5.09 Å². The SMILES string of the molecule is C=COCCNP(=S)(c1ccccc1)c1ccccc1. The molecule has 0 bridgehead atoms. The molecule has 0 aromatic heterocycles. The van der Waals surface area contributed by atoms with Gasteiger partial charge in [-0.3, -0.25) is 5.09 Å². The minimum absolute atomic E-state index is 0.571. The fourth-order valence-electron chi connectivity index (χ4n) is 1.95. The second-order valence-corrected chi connectivity index (χ2v) is 8.44. The highest BCUT2D eigenvalue weighted by Crippen LogP contribution is 2.38. The summed E-state index contributed by atoms with van der Waals surface area (Å²) in [6.07, 6.45) is -0.541. The van der Waals surface area contributed by atoms with Crippen molar-refractivity contribution in [3.05, 3.63) is 73.5 Å². The molecule has 0 aliphatic heterocycles. The molecule has 0 saturated carbocycles. The highest BCUT2D eigenvalue weighted by Gasteiger charge is 2.20. The van der Waals surface area contributed by atoms with Gasteiger partial charge in [0.25, 0.3) is 0 Å². The smallest absolute Gasteiger partial charge is 0.100 e. The van der Waals surface area contributed by atoms with E-state index in [2.05, 4.69) is 35.9 Å². The van der Waals surface area contributed by atoms with E-state index in [-0.39, 0.29) is 0 Å². The van der Waals surface area contributed by atoms with Crippen LogP contribution in [0.15, 0.2) is 73.5 Å². The van der Waals surface area contributed by atoms with Gasteiger partial charge >= 0.3 is 0 Å². The van der Waals surface area contributed by atoms with Gasteiger partial charge in [0.1, 0.15) is 6.61 Å². The maximum absolute atomic E-state index is 6.00. The predicted molar refractivity (Wildman–Crippen MR) is 90.6 cm³/mol. The Morgan fingerprint density at radius 1 is 1.00 bits per heavy atom. The Kier molecular flexibility index (Phi) is 5.54. The van der Waals surface area contributed by atoms with Crippen molar-refractivity contribution >= 4 is 28.6 Å². The number of ether oxygens (including phenoxy) is 1. The molecular weight excluding hydrogens is 285 g/mol. The molecule has 104 valence electrons. The van der Waals surface area contributed by atoms with E-state index in [0.717, 1.165) is 0 Å². The Morgan fingerprint density at radius 3 is 1.95 bits per heavy atom. The normalized spacial score (nSPS) is 11.0. The molecule has 2 aromatic rings. The lowest BCUT2D eigenvalue weighted by molar-refractivity contribution is 0.257. The fraction of sp³-hybridized carbons (Fsp3) is 0.125. The minimum atomic E-state index is -2.00. The molecule has 0 aliphatic carbocycles. The number of rotatable bonds is 7. The molecule has 0 atom stereocenters. The summed E-state index contributed by atoms with van der Waals surface area (Å²) in [6, 6.07) is 20.5. The molecule has 0 saturated heterocycles. The average molecular weight is 303 g/mol. The largest absolute Gasteiger partial charge is 0.500 e. The third-order valence-corrected chi connectivity index (χ3v) is 7.28. The van der Waals surface area contributed by atoms with E-state index in [1.807, 2.05) is 36.4 Å². The zero-order chi connectivity index (χ0) is 14.3. The van der Waals surface area contributed by atoms with Gasteiger partial charge in [0.15, 0.2) is 0 Å². The van der Waals surface area contributed by atoms with Gasteiger partial charge in [-0.2, -0.15) is 0 Å². The molecule has 20 heavy (non-hydrogen) atoms. The summed E-state index contributed by atoms with van der Waals surface area (Å²) in [5.74, 6) is 0. The van der Waals surface area contributed by atoms with E-state index < -0.39 is 6.19 Å². The number of hydrogen-bond donors (Lipinski definition) is 1. The Hall–Kier alpha value is -1.41. The van der Waals surface area contributed by atoms with Gasteiger partial charge in [-0.15, -0.1) is 0 Å². The van der Waals surface area contributed by atoms with Crippen LogP contribution in [0, 0.1) is 0 Å². The lowest BCUT2D eigenvalue weighted by Crippen LogP contribution is -2.29. The Labute approximate surface area is 125 Å². The van der Waals surface area contributed by atoms with Crippen LogP contribution in [-0.4, -0.2) is 13.2 Å². The second-order valence-electron chi connectivity index (χ2n) is 4.23. The van der Waals surface area contributed by atoms with Crippen molar-refractivity contribution in [2.24, 2.45) is 0 Å². The topological polar surface area (TPSA) is 21.3 Å². The van der Waals surface area contributed by atoms with E-state index in [1.165, 1.54) is 16.9 Å². The third kappa shape index (κ3) is 3.57. The van der Waals surface area contributed by atoms with Crippen molar-refractivity contribution < 1.29 is 4.74 Å². The maximum Gasteiger partial charge on any atom is 0.100 e. The summed E-state index contributed by atoms with van der Waals surface area (Å²) in [6.45, 7) is 4.82. The van der Waals surface area contributed by atoms with Gasteiger partial charge in [0.05, 0.1) is 12.5 Å². The maximum atomic E-state index is 6.00. The monoisotopic (exact) mass is 303 g/mol. The van der Waals surface area contributed by atoms with Crippen LogP contribution in [0.25, 0.3) is 0 Å². The Morgan fingerprint density at radius 2 is 1.50 bits per heavy atom. The minimum Gasteiger partial charge on any atom is -0.500 e. The molecule has 2 aromatic carbocycles. The third-order valence-electron chi connectivity index (χ3n) is 2.91. The first-order valence-electron chi connectivity index (χ1n) is 6.46. The van der Waals surface area contributed by atoms with Crippen LogP contribution in [0.3, 0.4) is 0 Å². The van der Waals surface area contributed by atoms with Crippen LogP contribution in [-0.2, 0) is 16.5 Å². The molecule has 2 nitrogen and oxygen atoms in total. The molecule has 0 unspecified atom stereocenters. The molecular formula is C16H18NOPS. The van der Waals surface area contributed by atoms with Crippen molar-refractivity contribution in [2.75, 3.05) is 13.2 Å². The molecule has 0 aliphatic rings. The van der Waals surface area contributed by atoms with Crippen LogP contribution in [0.4, 0.5) is 0 Å². The van der Waals surface area contributed by atoms with Crippen molar-refractivity contribution in [3.8, 4) is 0 Å². The molecule has 0 fully saturated rings. The molecule has 0 radical (unpaired) electrons. The zero-order valence-corrected chi connectivity index (χ0v) is 12.9. The summed E-state index contributed by atoms with van der Waals surface area (Å²) >= 11 is 6.00. The van der Waals surface area contributed by atoms with Crippen molar-refractivity contribution in [2.45, 2.75) is 0 Å². The van der Waals surface area contributed by atoms with E-state index in [1.54, 1.807) is 0 Å². The van der Waals surface area contributed by atoms with Crippen molar-refractivity contribution in [3.63, 3.8) is 0 Å². The van der Waals surface area contributed by atoms with E-state index in [0.29, 0.717) is 13.2 Å². The summed E-state index contributed by atoms with van der Waals surface area (Å²) in [7, 11) is 0. The van der Waals surface area contributed by atoms with E-state index in [4.69, 9.17) is 16.5 Å².